The van der Waals surface area contributed by atoms with Crippen molar-refractivity contribution in [1.82, 2.24) is 5.32 Å². The molecule has 4 nitrogen and oxygen atoms in total. The molecule has 1 rings (SSSR count). The van der Waals surface area contributed by atoms with Crippen LogP contribution >= 0.6 is 0 Å². The van der Waals surface area contributed by atoms with Crippen molar-refractivity contribution in [2.24, 2.45) is 11.1 Å². The predicted molar refractivity (Wildman–Crippen MR) is 55.0 cm³/mol. The Bertz CT molecular complexity index is 239. The zero-order valence-electron chi connectivity index (χ0n) is 9.09. The second kappa shape index (κ2) is 5.54. The standard InChI is InChI=1S/C10H18F2N2O2/c11-9(12)7(15)5-14-8(16)4-10(6-13)2-1-3-10/h7,9,15H,1-6,13H2,(H,14,16). The number of hydrogen-bond acceptors (Lipinski definition) is 3. The zero-order valence-corrected chi connectivity index (χ0v) is 9.09. The van der Waals surface area contributed by atoms with Crippen molar-refractivity contribution in [2.45, 2.75) is 38.2 Å². The highest BCUT2D eigenvalue weighted by molar-refractivity contribution is 5.76. The number of aliphatic hydroxyl groups is 1. The Hall–Kier alpha value is -0.750. The van der Waals surface area contributed by atoms with E-state index >= 15 is 0 Å². The molecular weight excluding hydrogens is 218 g/mol. The summed E-state index contributed by atoms with van der Waals surface area (Å²) >= 11 is 0. The Morgan fingerprint density at radius 3 is 2.50 bits per heavy atom. The van der Waals surface area contributed by atoms with Gasteiger partial charge in [0.15, 0.2) is 0 Å². The molecule has 1 aliphatic rings. The normalized spacial score (nSPS) is 20.3. The SMILES string of the molecule is NCC1(CC(=O)NCC(O)C(F)F)CCC1. The van der Waals surface area contributed by atoms with Crippen LogP contribution in [0.15, 0.2) is 0 Å². The summed E-state index contributed by atoms with van der Waals surface area (Å²) in [6.07, 6.45) is -1.47. The van der Waals surface area contributed by atoms with Gasteiger partial charge in [0.25, 0.3) is 6.43 Å². The van der Waals surface area contributed by atoms with E-state index in [-0.39, 0.29) is 17.7 Å². The van der Waals surface area contributed by atoms with Gasteiger partial charge < -0.3 is 16.2 Å². The molecule has 6 heteroatoms. The van der Waals surface area contributed by atoms with Crippen molar-refractivity contribution < 1.29 is 18.7 Å². The third kappa shape index (κ3) is 3.38. The fourth-order valence-corrected chi connectivity index (χ4v) is 1.84. The second-order valence-corrected chi connectivity index (χ2v) is 4.44. The lowest BCUT2D eigenvalue weighted by molar-refractivity contribution is -0.125. The first kappa shape index (κ1) is 13.3. The summed E-state index contributed by atoms with van der Waals surface area (Å²) < 4.78 is 23.9. The topological polar surface area (TPSA) is 75.4 Å². The summed E-state index contributed by atoms with van der Waals surface area (Å²) in [6, 6.07) is 0. The summed E-state index contributed by atoms with van der Waals surface area (Å²) in [5.74, 6) is -0.315. The first-order valence-electron chi connectivity index (χ1n) is 5.42. The van der Waals surface area contributed by atoms with E-state index in [1.54, 1.807) is 0 Å². The average Bonchev–Trinajstić information content (AvgIpc) is 2.19. The second-order valence-electron chi connectivity index (χ2n) is 4.44. The molecule has 0 aromatic heterocycles. The number of hydrogen-bond donors (Lipinski definition) is 3. The van der Waals surface area contributed by atoms with Gasteiger partial charge in [0, 0.05) is 13.0 Å². The summed E-state index contributed by atoms with van der Waals surface area (Å²) in [5.41, 5.74) is 5.43. The van der Waals surface area contributed by atoms with Crippen molar-refractivity contribution in [1.29, 1.82) is 0 Å². The lowest BCUT2D eigenvalue weighted by atomic mass is 9.66. The molecule has 1 unspecified atom stereocenters. The van der Waals surface area contributed by atoms with Gasteiger partial charge in [-0.05, 0) is 24.8 Å². The van der Waals surface area contributed by atoms with E-state index in [4.69, 9.17) is 10.8 Å². The molecule has 0 saturated heterocycles. The third-order valence-electron chi connectivity index (χ3n) is 3.18. The van der Waals surface area contributed by atoms with Crippen LogP contribution in [0.2, 0.25) is 0 Å². The average molecular weight is 236 g/mol. The third-order valence-corrected chi connectivity index (χ3v) is 3.18. The highest BCUT2D eigenvalue weighted by Gasteiger charge is 2.37. The van der Waals surface area contributed by atoms with E-state index in [1.807, 2.05) is 0 Å². The fourth-order valence-electron chi connectivity index (χ4n) is 1.84. The number of amides is 1. The van der Waals surface area contributed by atoms with Crippen LogP contribution in [0.4, 0.5) is 8.78 Å². The molecule has 0 radical (unpaired) electrons. The van der Waals surface area contributed by atoms with Crippen LogP contribution in [0.25, 0.3) is 0 Å². The molecule has 0 heterocycles. The highest BCUT2D eigenvalue weighted by Crippen LogP contribution is 2.42. The van der Waals surface area contributed by atoms with E-state index in [0.29, 0.717) is 6.54 Å². The van der Waals surface area contributed by atoms with Crippen LogP contribution in [0, 0.1) is 5.41 Å². The number of nitrogens with two attached hydrogens (primary N) is 1. The lowest BCUT2D eigenvalue weighted by Gasteiger charge is -2.40. The number of carbonyl (C=O) groups is 1. The quantitative estimate of drug-likeness (QED) is 0.618. The van der Waals surface area contributed by atoms with Crippen LogP contribution in [0.5, 0.6) is 0 Å². The first-order valence-corrected chi connectivity index (χ1v) is 5.42. The Labute approximate surface area is 93.2 Å². The Morgan fingerprint density at radius 1 is 1.50 bits per heavy atom. The lowest BCUT2D eigenvalue weighted by Crippen LogP contribution is -2.43. The smallest absolute Gasteiger partial charge is 0.265 e. The summed E-state index contributed by atoms with van der Waals surface area (Å²) in [6.45, 7) is 0.0367. The summed E-state index contributed by atoms with van der Waals surface area (Å²) in [4.78, 5) is 11.4. The van der Waals surface area contributed by atoms with Gasteiger partial charge in [-0.2, -0.15) is 0 Å². The van der Waals surface area contributed by atoms with Gasteiger partial charge in [-0.3, -0.25) is 4.79 Å². The van der Waals surface area contributed by atoms with Crippen molar-refractivity contribution in [3.63, 3.8) is 0 Å². The van der Waals surface area contributed by atoms with E-state index in [1.165, 1.54) is 0 Å². The van der Waals surface area contributed by atoms with Crippen LogP contribution < -0.4 is 11.1 Å². The molecule has 4 N–H and O–H groups in total. The molecular formula is C10H18F2N2O2. The minimum absolute atomic E-state index is 0.139. The van der Waals surface area contributed by atoms with Gasteiger partial charge in [0.05, 0.1) is 0 Å². The monoisotopic (exact) mass is 236 g/mol. The molecule has 0 aromatic carbocycles. The molecule has 1 aliphatic carbocycles. The Morgan fingerprint density at radius 2 is 2.12 bits per heavy atom. The maximum Gasteiger partial charge on any atom is 0.265 e. The number of aliphatic hydroxyl groups excluding tert-OH is 1. The largest absolute Gasteiger partial charge is 0.385 e. The first-order chi connectivity index (χ1) is 7.49. The zero-order chi connectivity index (χ0) is 12.2. The minimum atomic E-state index is -2.83. The number of halogens is 2. The number of nitrogens with one attached hydrogen (secondary N) is 1. The maximum atomic E-state index is 11.9. The summed E-state index contributed by atoms with van der Waals surface area (Å²) in [7, 11) is 0. The van der Waals surface area contributed by atoms with E-state index in [9.17, 15) is 13.6 Å². The molecule has 1 atom stereocenters. The number of alkyl halides is 2. The van der Waals surface area contributed by atoms with Gasteiger partial charge in [-0.25, -0.2) is 8.78 Å². The molecule has 1 fully saturated rings. The molecule has 0 aromatic rings. The fraction of sp³-hybridized carbons (Fsp3) is 0.900. The number of rotatable bonds is 6. The van der Waals surface area contributed by atoms with Crippen LogP contribution in [0.1, 0.15) is 25.7 Å². The maximum absolute atomic E-state index is 11.9. The highest BCUT2D eigenvalue weighted by atomic mass is 19.3. The van der Waals surface area contributed by atoms with Gasteiger partial charge >= 0.3 is 0 Å². The van der Waals surface area contributed by atoms with Crippen molar-refractivity contribution in [3.05, 3.63) is 0 Å². The van der Waals surface area contributed by atoms with E-state index in [0.717, 1.165) is 19.3 Å². The van der Waals surface area contributed by atoms with Gasteiger partial charge in [0.1, 0.15) is 6.10 Å². The van der Waals surface area contributed by atoms with Gasteiger partial charge in [-0.1, -0.05) is 6.42 Å². The molecule has 0 spiro atoms. The van der Waals surface area contributed by atoms with Crippen molar-refractivity contribution in [3.8, 4) is 0 Å². The van der Waals surface area contributed by atoms with Gasteiger partial charge in [-0.15, -0.1) is 0 Å². The molecule has 1 saturated carbocycles. The number of carbonyl (C=O) groups excluding carboxylic acids is 1. The molecule has 1 amide bonds. The molecule has 0 bridgehead atoms. The van der Waals surface area contributed by atoms with Crippen LogP contribution in [0.3, 0.4) is 0 Å². The Balaban J connectivity index is 2.25. The summed E-state index contributed by atoms with van der Waals surface area (Å²) in [5, 5.41) is 11.1. The van der Waals surface area contributed by atoms with Crippen molar-refractivity contribution in [2.75, 3.05) is 13.1 Å². The molecule has 16 heavy (non-hydrogen) atoms. The van der Waals surface area contributed by atoms with Crippen molar-refractivity contribution >= 4 is 5.91 Å². The van der Waals surface area contributed by atoms with Crippen LogP contribution in [-0.2, 0) is 4.79 Å². The van der Waals surface area contributed by atoms with Crippen LogP contribution in [-0.4, -0.2) is 36.6 Å². The van der Waals surface area contributed by atoms with E-state index in [2.05, 4.69) is 5.32 Å². The minimum Gasteiger partial charge on any atom is -0.385 e. The van der Waals surface area contributed by atoms with E-state index < -0.39 is 19.1 Å². The molecule has 94 valence electrons. The Kier molecular flexibility index (Phi) is 4.61. The van der Waals surface area contributed by atoms with Gasteiger partial charge in [0.2, 0.25) is 5.91 Å². The molecule has 0 aliphatic heterocycles. The predicted octanol–water partition coefficient (Wildman–Crippen LogP) is 0.248.